The zero-order valence-corrected chi connectivity index (χ0v) is 22.0. The van der Waals surface area contributed by atoms with Crippen molar-refractivity contribution in [2.24, 2.45) is 11.8 Å². The van der Waals surface area contributed by atoms with Crippen molar-refractivity contribution in [3.05, 3.63) is 36.7 Å². The lowest BCUT2D eigenvalue weighted by Gasteiger charge is -2.27. The number of imidazole rings is 1. The summed E-state index contributed by atoms with van der Waals surface area (Å²) in [6, 6.07) is 2.74. The van der Waals surface area contributed by atoms with Crippen LogP contribution in [-0.4, -0.2) is 87.2 Å². The molecule has 2 unspecified atom stereocenters. The average molecular weight is 566 g/mol. The van der Waals surface area contributed by atoms with E-state index < -0.39 is 29.3 Å². The molecule has 1 saturated heterocycles. The largest absolute Gasteiger partial charge is 0.367 e. The minimum atomic E-state index is -2.59. The van der Waals surface area contributed by atoms with Gasteiger partial charge in [0.1, 0.15) is 29.9 Å². The molecule has 0 aromatic carbocycles. The Bertz CT molecular complexity index is 1510. The Kier molecular flexibility index (Phi) is 7.03. The van der Waals surface area contributed by atoms with Gasteiger partial charge < -0.3 is 24.9 Å². The quantitative estimate of drug-likeness (QED) is 0.268. The number of aromatic nitrogens is 6. The van der Waals surface area contributed by atoms with Crippen LogP contribution in [0.25, 0.3) is 11.4 Å². The number of hydrogen-bond donors (Lipinski definition) is 2. The SMILES string of the molecule is CN(C(=O)NCC#N)c1ncn([C@](C)(C=O)CNc2ccnc(-c3cnc(N4CC5C(C4)C5(F)F)nc3)n2)c1C=O. The number of nitriles is 1. The number of aldehydes is 2. The van der Waals surface area contributed by atoms with E-state index in [4.69, 9.17) is 5.26 Å². The van der Waals surface area contributed by atoms with Gasteiger partial charge in [-0.2, -0.15) is 5.26 Å². The van der Waals surface area contributed by atoms with Crippen LogP contribution < -0.4 is 20.4 Å². The highest BCUT2D eigenvalue weighted by Crippen LogP contribution is 2.59. The van der Waals surface area contributed by atoms with Crippen molar-refractivity contribution in [3.63, 3.8) is 0 Å². The number of piperidine rings is 1. The summed E-state index contributed by atoms with van der Waals surface area (Å²) in [5.41, 5.74) is -0.824. The molecule has 3 aromatic rings. The van der Waals surface area contributed by atoms with Crippen LogP contribution in [0.5, 0.6) is 0 Å². The number of hydrogen-bond acceptors (Lipinski definition) is 11. The van der Waals surface area contributed by atoms with E-state index in [1.54, 1.807) is 24.0 Å². The van der Waals surface area contributed by atoms with Gasteiger partial charge in [-0.1, -0.05) is 0 Å². The van der Waals surface area contributed by atoms with Crippen LogP contribution in [0.2, 0.25) is 0 Å². The topological polar surface area (TPSA) is 175 Å². The Morgan fingerprint density at radius 1 is 1.24 bits per heavy atom. The Hall–Kier alpha value is -5.07. The molecule has 3 atom stereocenters. The van der Waals surface area contributed by atoms with Crippen LogP contribution in [0.3, 0.4) is 0 Å². The number of carbonyl (C=O) groups is 3. The maximum absolute atomic E-state index is 13.5. The van der Waals surface area contributed by atoms with Crippen molar-refractivity contribution in [2.45, 2.75) is 18.4 Å². The zero-order valence-electron chi connectivity index (χ0n) is 22.0. The summed E-state index contributed by atoms with van der Waals surface area (Å²) in [5, 5.41) is 14.1. The first-order valence-corrected chi connectivity index (χ1v) is 12.5. The van der Waals surface area contributed by atoms with Gasteiger partial charge in [0.15, 0.2) is 17.9 Å². The summed E-state index contributed by atoms with van der Waals surface area (Å²) in [6.45, 7) is 1.78. The van der Waals surface area contributed by atoms with Gasteiger partial charge in [0.05, 0.1) is 29.8 Å². The van der Waals surface area contributed by atoms with Crippen molar-refractivity contribution in [3.8, 4) is 17.5 Å². The highest BCUT2D eigenvalue weighted by atomic mass is 19.3. The molecule has 2 aliphatic rings. The summed E-state index contributed by atoms with van der Waals surface area (Å²) >= 11 is 0. The number of halogens is 2. The van der Waals surface area contributed by atoms with E-state index in [0.717, 1.165) is 4.90 Å². The summed E-state index contributed by atoms with van der Waals surface area (Å²) in [4.78, 5) is 60.7. The van der Waals surface area contributed by atoms with Crippen LogP contribution >= 0.6 is 0 Å². The van der Waals surface area contributed by atoms with Crippen molar-refractivity contribution in [1.29, 1.82) is 5.26 Å². The Balaban J connectivity index is 1.28. The number of urea groups is 1. The molecular formula is C25H25F2N11O3. The van der Waals surface area contributed by atoms with Crippen LogP contribution in [0.1, 0.15) is 17.4 Å². The lowest BCUT2D eigenvalue weighted by Crippen LogP contribution is -2.41. The first kappa shape index (κ1) is 27.5. The van der Waals surface area contributed by atoms with Crippen molar-refractivity contribution in [1.82, 2.24) is 34.8 Å². The van der Waals surface area contributed by atoms with E-state index in [9.17, 15) is 23.2 Å². The second kappa shape index (κ2) is 10.5. The first-order valence-electron chi connectivity index (χ1n) is 12.5. The van der Waals surface area contributed by atoms with Crippen LogP contribution in [0.4, 0.5) is 31.2 Å². The molecule has 16 heteroatoms. The van der Waals surface area contributed by atoms with E-state index in [0.29, 0.717) is 35.7 Å². The molecule has 2 N–H and O–H groups in total. The van der Waals surface area contributed by atoms with Crippen molar-refractivity contribution < 1.29 is 23.2 Å². The molecule has 3 aromatic heterocycles. The number of nitrogens with one attached hydrogen (secondary N) is 2. The standard InChI is InChI=1S/C25H25F2N11O3/c1-24(13-40,38-14-34-21(18(38)11-39)36(2)23(41)30-6-4-28)12-33-19-3-5-29-20(35-19)15-7-31-22(32-8-15)37-9-16-17(10-37)25(16,26)27/h3,5,7-8,11,13-14,16-17H,6,9-10,12H2,1-2H3,(H,30,41)(H,29,33,35)/t16?,17?,24-/m0/s1. The molecule has 1 aliphatic carbocycles. The Labute approximate surface area is 232 Å². The smallest absolute Gasteiger partial charge is 0.323 e. The molecule has 1 saturated carbocycles. The molecular weight excluding hydrogens is 540 g/mol. The fourth-order valence-corrected chi connectivity index (χ4v) is 4.77. The molecule has 5 rings (SSSR count). The lowest BCUT2D eigenvalue weighted by atomic mass is 10.0. The number of anilines is 3. The maximum Gasteiger partial charge on any atom is 0.323 e. The Morgan fingerprint density at radius 2 is 1.95 bits per heavy atom. The normalized spacial score (nSPS) is 19.8. The molecule has 41 heavy (non-hydrogen) atoms. The van der Waals surface area contributed by atoms with Crippen LogP contribution in [-0.2, 0) is 10.3 Å². The molecule has 14 nitrogen and oxygen atoms in total. The fourth-order valence-electron chi connectivity index (χ4n) is 4.77. The van der Waals surface area contributed by atoms with Gasteiger partial charge in [0.2, 0.25) is 5.95 Å². The van der Waals surface area contributed by atoms with Crippen LogP contribution in [0.15, 0.2) is 31.0 Å². The zero-order chi connectivity index (χ0) is 29.4. The van der Waals surface area contributed by atoms with Gasteiger partial charge in [-0.25, -0.2) is 38.5 Å². The first-order chi connectivity index (χ1) is 19.6. The van der Waals surface area contributed by atoms with Gasteiger partial charge in [0, 0.05) is 45.3 Å². The summed E-state index contributed by atoms with van der Waals surface area (Å²) in [5.74, 6) is -2.82. The number of rotatable bonds is 10. The van der Waals surface area contributed by atoms with E-state index in [-0.39, 0.29) is 37.7 Å². The predicted octanol–water partition coefficient (Wildman–Crippen LogP) is 1.34. The second-order valence-electron chi connectivity index (χ2n) is 9.98. The minimum Gasteiger partial charge on any atom is -0.367 e. The fraction of sp³-hybridized carbons (Fsp3) is 0.400. The predicted molar refractivity (Wildman–Crippen MR) is 140 cm³/mol. The third-order valence-corrected chi connectivity index (χ3v) is 7.30. The number of carbonyl (C=O) groups excluding carboxylic acids is 3. The third-order valence-electron chi connectivity index (χ3n) is 7.30. The summed E-state index contributed by atoms with van der Waals surface area (Å²) < 4.78 is 28.3. The van der Waals surface area contributed by atoms with E-state index in [1.165, 1.54) is 36.5 Å². The third kappa shape index (κ3) is 5.01. The molecule has 4 heterocycles. The molecule has 1 aliphatic heterocycles. The molecule has 212 valence electrons. The van der Waals surface area contributed by atoms with Gasteiger partial charge in [0.25, 0.3) is 5.92 Å². The minimum absolute atomic E-state index is 0.00863. The average Bonchev–Trinajstić information content (AvgIpc) is 3.42. The second-order valence-corrected chi connectivity index (χ2v) is 9.98. The van der Waals surface area contributed by atoms with Gasteiger partial charge >= 0.3 is 6.03 Å². The van der Waals surface area contributed by atoms with E-state index in [2.05, 4.69) is 35.6 Å². The summed E-state index contributed by atoms with van der Waals surface area (Å²) in [7, 11) is 1.38. The van der Waals surface area contributed by atoms with Crippen molar-refractivity contribution in [2.75, 3.05) is 48.3 Å². The lowest BCUT2D eigenvalue weighted by molar-refractivity contribution is -0.114. The monoisotopic (exact) mass is 565 g/mol. The van der Waals surface area contributed by atoms with Crippen LogP contribution in [0, 0.1) is 23.2 Å². The van der Waals surface area contributed by atoms with Crippen molar-refractivity contribution >= 4 is 36.2 Å². The van der Waals surface area contributed by atoms with E-state index in [1.807, 2.05) is 0 Å². The molecule has 0 bridgehead atoms. The number of fused-ring (bicyclic) bond motifs is 1. The highest BCUT2D eigenvalue weighted by molar-refractivity contribution is 5.95. The number of nitrogens with zero attached hydrogens (tertiary/aromatic N) is 9. The van der Waals surface area contributed by atoms with Gasteiger partial charge in [-0.15, -0.1) is 0 Å². The number of alkyl halides is 2. The van der Waals surface area contributed by atoms with E-state index >= 15 is 0 Å². The molecule has 0 spiro atoms. The highest BCUT2D eigenvalue weighted by Gasteiger charge is 2.72. The number of amides is 2. The molecule has 2 fully saturated rings. The van der Waals surface area contributed by atoms with Gasteiger partial charge in [-0.05, 0) is 13.0 Å². The Morgan fingerprint density at radius 3 is 2.59 bits per heavy atom. The van der Waals surface area contributed by atoms with Gasteiger partial charge in [-0.3, -0.25) is 9.69 Å². The summed E-state index contributed by atoms with van der Waals surface area (Å²) in [6.07, 6.45) is 6.95. The molecule has 0 radical (unpaired) electrons. The molecule has 2 amide bonds. The maximum atomic E-state index is 13.5.